The molecule has 134 valence electrons. The molecule has 0 saturated heterocycles. The summed E-state index contributed by atoms with van der Waals surface area (Å²) in [7, 11) is 0. The minimum atomic E-state index is -0.567. The summed E-state index contributed by atoms with van der Waals surface area (Å²) in [4.78, 5) is 37.9. The van der Waals surface area contributed by atoms with Crippen LogP contribution in [0.25, 0.3) is 0 Å². The van der Waals surface area contributed by atoms with Gasteiger partial charge in [0.2, 0.25) is 0 Å². The minimum Gasteiger partial charge on any atom is -0.460 e. The van der Waals surface area contributed by atoms with Crippen molar-refractivity contribution in [3.05, 3.63) is 65.2 Å². The van der Waals surface area contributed by atoms with Crippen LogP contribution in [0.2, 0.25) is 0 Å². The zero-order valence-electron chi connectivity index (χ0n) is 14.0. The fraction of sp³-hybridized carbons (Fsp3) is 0.211. The van der Waals surface area contributed by atoms with Gasteiger partial charge in [-0.05, 0) is 24.3 Å². The predicted molar refractivity (Wildman–Crippen MR) is 94.1 cm³/mol. The molecule has 0 fully saturated rings. The van der Waals surface area contributed by atoms with Crippen LogP contribution in [-0.2, 0) is 4.74 Å². The molecular formula is C19H18N2O5. The van der Waals surface area contributed by atoms with Gasteiger partial charge in [0, 0.05) is 12.2 Å². The number of nitrogens with one attached hydrogen (secondary N) is 1. The van der Waals surface area contributed by atoms with Gasteiger partial charge in [-0.15, -0.1) is 0 Å². The van der Waals surface area contributed by atoms with E-state index in [1.54, 1.807) is 48.5 Å². The van der Waals surface area contributed by atoms with Crippen LogP contribution in [0.15, 0.2) is 48.5 Å². The molecule has 7 nitrogen and oxygen atoms in total. The Bertz CT molecular complexity index is 814. The van der Waals surface area contributed by atoms with E-state index in [0.717, 1.165) is 4.90 Å². The van der Waals surface area contributed by atoms with Gasteiger partial charge < -0.3 is 15.2 Å². The van der Waals surface area contributed by atoms with Crippen LogP contribution in [0.5, 0.6) is 0 Å². The van der Waals surface area contributed by atoms with E-state index in [1.165, 1.54) is 0 Å². The fourth-order valence-corrected chi connectivity index (χ4v) is 2.76. The van der Waals surface area contributed by atoms with Crippen LogP contribution in [0.3, 0.4) is 0 Å². The number of imide groups is 1. The van der Waals surface area contributed by atoms with Gasteiger partial charge in [-0.1, -0.05) is 24.3 Å². The number of hydrogen-bond acceptors (Lipinski definition) is 6. The molecule has 2 amide bonds. The van der Waals surface area contributed by atoms with Crippen molar-refractivity contribution in [3.63, 3.8) is 0 Å². The number of para-hydroxylation sites is 1. The van der Waals surface area contributed by atoms with Gasteiger partial charge in [-0.25, -0.2) is 4.79 Å². The van der Waals surface area contributed by atoms with E-state index >= 15 is 0 Å². The highest BCUT2D eigenvalue weighted by molar-refractivity contribution is 6.21. The maximum absolute atomic E-state index is 12.3. The molecule has 0 radical (unpaired) electrons. The lowest BCUT2D eigenvalue weighted by Gasteiger charge is -2.15. The van der Waals surface area contributed by atoms with Crippen molar-refractivity contribution in [2.24, 2.45) is 0 Å². The number of ether oxygens (including phenoxy) is 1. The molecule has 0 unspecified atom stereocenters. The number of hydrogen-bond donors (Lipinski definition) is 2. The third-order valence-electron chi connectivity index (χ3n) is 4.00. The van der Waals surface area contributed by atoms with E-state index in [1.807, 2.05) is 0 Å². The first kappa shape index (κ1) is 17.6. The van der Waals surface area contributed by atoms with E-state index in [2.05, 4.69) is 5.32 Å². The molecule has 2 N–H and O–H groups in total. The molecule has 2 aromatic rings. The number of benzene rings is 2. The van der Waals surface area contributed by atoms with Crippen LogP contribution in [-0.4, -0.2) is 54.1 Å². The van der Waals surface area contributed by atoms with Gasteiger partial charge in [0.05, 0.1) is 29.8 Å². The number of carbonyl (C=O) groups is 3. The Morgan fingerprint density at radius 3 is 2.27 bits per heavy atom. The number of aliphatic hydroxyl groups is 1. The summed E-state index contributed by atoms with van der Waals surface area (Å²) < 4.78 is 5.22. The van der Waals surface area contributed by atoms with Crippen LogP contribution >= 0.6 is 0 Å². The zero-order valence-corrected chi connectivity index (χ0v) is 14.0. The molecule has 0 saturated carbocycles. The minimum absolute atomic E-state index is 0.00960. The molecule has 0 atom stereocenters. The highest BCUT2D eigenvalue weighted by atomic mass is 16.5. The van der Waals surface area contributed by atoms with Crippen molar-refractivity contribution in [3.8, 4) is 0 Å². The Morgan fingerprint density at radius 2 is 1.62 bits per heavy atom. The lowest BCUT2D eigenvalue weighted by molar-refractivity contribution is 0.0421. The quantitative estimate of drug-likeness (QED) is 0.578. The number of rotatable bonds is 7. The summed E-state index contributed by atoms with van der Waals surface area (Å²) in [6.07, 6.45) is 0. The highest BCUT2D eigenvalue weighted by Crippen LogP contribution is 2.22. The van der Waals surface area contributed by atoms with Crippen molar-refractivity contribution in [1.29, 1.82) is 0 Å². The first-order chi connectivity index (χ1) is 12.6. The van der Waals surface area contributed by atoms with Gasteiger partial charge in [0.25, 0.3) is 11.8 Å². The van der Waals surface area contributed by atoms with Gasteiger partial charge in [-0.3, -0.25) is 14.5 Å². The molecular weight excluding hydrogens is 336 g/mol. The number of amides is 2. The SMILES string of the molecule is O=C(OCCN1C(=O)c2ccccc2C1=O)c1ccccc1NCCO. The van der Waals surface area contributed by atoms with Gasteiger partial charge in [0.1, 0.15) is 6.61 Å². The topological polar surface area (TPSA) is 95.9 Å². The fourth-order valence-electron chi connectivity index (χ4n) is 2.76. The summed E-state index contributed by atoms with van der Waals surface area (Å²) >= 11 is 0. The van der Waals surface area contributed by atoms with Crippen molar-refractivity contribution in [2.45, 2.75) is 0 Å². The number of carbonyl (C=O) groups excluding carboxylic acids is 3. The summed E-state index contributed by atoms with van der Waals surface area (Å²) in [5.74, 6) is -1.33. The highest BCUT2D eigenvalue weighted by Gasteiger charge is 2.34. The lowest BCUT2D eigenvalue weighted by atomic mass is 10.1. The first-order valence-electron chi connectivity index (χ1n) is 8.19. The lowest BCUT2D eigenvalue weighted by Crippen LogP contribution is -2.33. The molecule has 1 aliphatic heterocycles. The average molecular weight is 354 g/mol. The number of esters is 1. The summed E-state index contributed by atoms with van der Waals surface area (Å²) in [6.45, 7) is 0.130. The zero-order chi connectivity index (χ0) is 18.5. The van der Waals surface area contributed by atoms with Gasteiger partial charge in [-0.2, -0.15) is 0 Å². The van der Waals surface area contributed by atoms with E-state index in [4.69, 9.17) is 9.84 Å². The molecule has 2 aromatic carbocycles. The molecule has 3 rings (SSSR count). The summed E-state index contributed by atoms with van der Waals surface area (Å²) in [5.41, 5.74) is 1.60. The Balaban J connectivity index is 1.60. The second-order valence-corrected chi connectivity index (χ2v) is 5.64. The van der Waals surface area contributed by atoms with Crippen molar-refractivity contribution < 1.29 is 24.2 Å². The second-order valence-electron chi connectivity index (χ2n) is 5.64. The number of nitrogens with zero attached hydrogens (tertiary/aromatic N) is 1. The Kier molecular flexibility index (Phi) is 5.28. The van der Waals surface area contributed by atoms with Gasteiger partial charge in [0.15, 0.2) is 0 Å². The predicted octanol–water partition coefficient (Wildman–Crippen LogP) is 1.54. The normalized spacial score (nSPS) is 12.9. The van der Waals surface area contributed by atoms with E-state index < -0.39 is 5.97 Å². The number of anilines is 1. The van der Waals surface area contributed by atoms with Gasteiger partial charge >= 0.3 is 5.97 Å². The molecule has 0 spiro atoms. The third-order valence-corrected chi connectivity index (χ3v) is 4.00. The molecule has 0 aromatic heterocycles. The summed E-state index contributed by atoms with van der Waals surface area (Å²) in [6, 6.07) is 13.4. The average Bonchev–Trinajstić information content (AvgIpc) is 2.91. The van der Waals surface area contributed by atoms with E-state index in [-0.39, 0.29) is 31.6 Å². The standard InChI is InChI=1S/C19H18N2O5/c22-11-9-20-16-8-4-3-7-15(16)19(25)26-12-10-21-17(23)13-5-1-2-6-14(13)18(21)24/h1-8,20,22H,9-12H2. The molecule has 7 heteroatoms. The molecule has 1 aliphatic rings. The van der Waals surface area contributed by atoms with Crippen molar-refractivity contribution >= 4 is 23.5 Å². The first-order valence-corrected chi connectivity index (χ1v) is 8.19. The van der Waals surface area contributed by atoms with Crippen molar-refractivity contribution in [1.82, 2.24) is 4.90 Å². The maximum atomic E-state index is 12.3. The molecule has 0 bridgehead atoms. The third kappa shape index (κ3) is 3.43. The molecule has 0 aliphatic carbocycles. The van der Waals surface area contributed by atoms with Crippen LogP contribution < -0.4 is 5.32 Å². The second kappa shape index (κ2) is 7.79. The van der Waals surface area contributed by atoms with E-state index in [9.17, 15) is 14.4 Å². The summed E-state index contributed by atoms with van der Waals surface area (Å²) in [5, 5.41) is 11.8. The number of aliphatic hydroxyl groups excluding tert-OH is 1. The maximum Gasteiger partial charge on any atom is 0.340 e. The Labute approximate surface area is 150 Å². The van der Waals surface area contributed by atoms with Crippen molar-refractivity contribution in [2.75, 3.05) is 31.6 Å². The van der Waals surface area contributed by atoms with Crippen LogP contribution in [0, 0.1) is 0 Å². The number of fused-ring (bicyclic) bond motifs is 1. The Hall–Kier alpha value is -3.19. The van der Waals surface area contributed by atoms with Crippen LogP contribution in [0.1, 0.15) is 31.1 Å². The monoisotopic (exact) mass is 354 g/mol. The molecule has 1 heterocycles. The Morgan fingerprint density at radius 1 is 1.00 bits per heavy atom. The van der Waals surface area contributed by atoms with E-state index in [0.29, 0.717) is 28.9 Å². The smallest absolute Gasteiger partial charge is 0.340 e. The largest absolute Gasteiger partial charge is 0.460 e. The van der Waals surface area contributed by atoms with Crippen LogP contribution in [0.4, 0.5) is 5.69 Å². The molecule has 26 heavy (non-hydrogen) atoms.